The Labute approximate surface area is 198 Å². The molecule has 0 aliphatic rings. The van der Waals surface area contributed by atoms with Crippen molar-refractivity contribution in [1.29, 1.82) is 0 Å². The number of hydrogen-bond donors (Lipinski definition) is 1. The van der Waals surface area contributed by atoms with Gasteiger partial charge in [0.15, 0.2) is 0 Å². The van der Waals surface area contributed by atoms with E-state index in [-0.39, 0.29) is 18.9 Å². The fourth-order valence-electron chi connectivity index (χ4n) is 3.40. The molecule has 1 N–H and O–H groups in total. The highest BCUT2D eigenvalue weighted by molar-refractivity contribution is 7.15. The van der Waals surface area contributed by atoms with E-state index in [2.05, 4.69) is 11.4 Å². The lowest BCUT2D eigenvalue weighted by molar-refractivity contribution is -0.116. The van der Waals surface area contributed by atoms with Gasteiger partial charge in [-0.15, -0.1) is 11.3 Å². The maximum absolute atomic E-state index is 12.7. The van der Waals surface area contributed by atoms with E-state index < -0.39 is 5.97 Å². The molecule has 0 unspecified atom stereocenters. The number of esters is 1. The van der Waals surface area contributed by atoms with Gasteiger partial charge in [0, 0.05) is 17.4 Å². The van der Waals surface area contributed by atoms with Gasteiger partial charge in [-0.3, -0.25) is 4.79 Å². The van der Waals surface area contributed by atoms with E-state index in [9.17, 15) is 9.59 Å². The Bertz CT molecular complexity index is 1100. The second kappa shape index (κ2) is 11.5. The summed E-state index contributed by atoms with van der Waals surface area (Å²) in [6.07, 6.45) is 0.841. The predicted molar refractivity (Wildman–Crippen MR) is 132 cm³/mol. The van der Waals surface area contributed by atoms with Crippen LogP contribution >= 0.6 is 11.3 Å². The van der Waals surface area contributed by atoms with Crippen molar-refractivity contribution in [1.82, 2.24) is 0 Å². The van der Waals surface area contributed by atoms with Gasteiger partial charge in [-0.05, 0) is 56.5 Å². The molecule has 0 spiro atoms. The van der Waals surface area contributed by atoms with E-state index in [1.54, 1.807) is 14.0 Å². The first kappa shape index (κ1) is 24.3. The number of aryl methyl sites for hydroxylation is 2. The topological polar surface area (TPSA) is 73.9 Å². The number of amides is 1. The highest BCUT2D eigenvalue weighted by atomic mass is 32.1. The van der Waals surface area contributed by atoms with Crippen LogP contribution in [-0.2, 0) is 9.53 Å². The van der Waals surface area contributed by atoms with Crippen molar-refractivity contribution in [2.75, 3.05) is 25.6 Å². The van der Waals surface area contributed by atoms with Crippen LogP contribution < -0.4 is 14.8 Å². The number of benzene rings is 2. The molecule has 3 aromatic rings. The SMILES string of the molecule is CCOC(=O)c1c(-c2ccc(OC)cc2)csc1NC(=O)CCCOc1ccc(C)cc1C. The van der Waals surface area contributed by atoms with Crippen LogP contribution in [0.1, 0.15) is 41.3 Å². The molecule has 33 heavy (non-hydrogen) atoms. The second-order valence-corrected chi connectivity index (χ2v) is 8.45. The van der Waals surface area contributed by atoms with Gasteiger partial charge in [-0.25, -0.2) is 4.79 Å². The summed E-state index contributed by atoms with van der Waals surface area (Å²) in [7, 11) is 1.60. The average Bonchev–Trinajstić information content (AvgIpc) is 3.21. The molecule has 0 aliphatic heterocycles. The number of anilines is 1. The van der Waals surface area contributed by atoms with Gasteiger partial charge in [-0.1, -0.05) is 29.8 Å². The average molecular weight is 468 g/mol. The first-order chi connectivity index (χ1) is 15.9. The molecule has 7 heteroatoms. The van der Waals surface area contributed by atoms with Crippen molar-refractivity contribution in [3.63, 3.8) is 0 Å². The van der Waals surface area contributed by atoms with Gasteiger partial charge < -0.3 is 19.5 Å². The zero-order valence-electron chi connectivity index (χ0n) is 19.4. The predicted octanol–water partition coefficient (Wildman–Crippen LogP) is 6.01. The minimum atomic E-state index is -0.460. The number of nitrogens with one attached hydrogen (secondary N) is 1. The number of hydrogen-bond acceptors (Lipinski definition) is 6. The van der Waals surface area contributed by atoms with Gasteiger partial charge in [-0.2, -0.15) is 0 Å². The van der Waals surface area contributed by atoms with Crippen molar-refractivity contribution >= 4 is 28.2 Å². The Hall–Kier alpha value is -3.32. The molecule has 174 valence electrons. The number of methoxy groups -OCH3 is 1. The third kappa shape index (κ3) is 6.35. The standard InChI is InChI=1S/C26H29NO5S/c1-5-31-26(29)24-21(19-9-11-20(30-4)12-10-19)16-33-25(24)27-23(28)7-6-14-32-22-13-8-17(2)15-18(22)3/h8-13,15-16H,5-7,14H2,1-4H3,(H,27,28). The summed E-state index contributed by atoms with van der Waals surface area (Å²) in [5.41, 5.74) is 4.18. The molecule has 0 atom stereocenters. The third-order valence-electron chi connectivity index (χ3n) is 5.06. The summed E-state index contributed by atoms with van der Waals surface area (Å²) in [6, 6.07) is 13.4. The molecule has 1 amide bonds. The first-order valence-corrected chi connectivity index (χ1v) is 11.7. The maximum Gasteiger partial charge on any atom is 0.341 e. The lowest BCUT2D eigenvalue weighted by Crippen LogP contribution is -2.15. The number of carbonyl (C=O) groups excluding carboxylic acids is 2. The van der Waals surface area contributed by atoms with Crippen molar-refractivity contribution in [3.8, 4) is 22.6 Å². The molecule has 3 rings (SSSR count). The third-order valence-corrected chi connectivity index (χ3v) is 5.96. The summed E-state index contributed by atoms with van der Waals surface area (Å²) in [4.78, 5) is 25.3. The van der Waals surface area contributed by atoms with Crippen LogP contribution in [0.15, 0.2) is 47.8 Å². The van der Waals surface area contributed by atoms with Crippen LogP contribution in [0.4, 0.5) is 5.00 Å². The van der Waals surface area contributed by atoms with E-state index >= 15 is 0 Å². The van der Waals surface area contributed by atoms with Crippen molar-refractivity contribution in [3.05, 3.63) is 64.5 Å². The minimum absolute atomic E-state index is 0.173. The van der Waals surface area contributed by atoms with Crippen LogP contribution in [0, 0.1) is 13.8 Å². The Morgan fingerprint density at radius 1 is 1.06 bits per heavy atom. The molecule has 0 bridgehead atoms. The molecule has 1 heterocycles. The molecule has 0 fully saturated rings. The lowest BCUT2D eigenvalue weighted by atomic mass is 10.0. The zero-order chi connectivity index (χ0) is 23.8. The molecule has 0 saturated carbocycles. The van der Waals surface area contributed by atoms with Crippen LogP contribution in [0.5, 0.6) is 11.5 Å². The molecule has 0 saturated heterocycles. The number of rotatable bonds is 10. The highest BCUT2D eigenvalue weighted by Gasteiger charge is 2.22. The minimum Gasteiger partial charge on any atom is -0.497 e. The summed E-state index contributed by atoms with van der Waals surface area (Å²) in [5, 5.41) is 5.22. The Kier molecular flexibility index (Phi) is 8.49. The highest BCUT2D eigenvalue weighted by Crippen LogP contribution is 2.37. The summed E-state index contributed by atoms with van der Waals surface area (Å²) < 4.78 is 16.3. The van der Waals surface area contributed by atoms with Gasteiger partial charge in [0.05, 0.1) is 20.3 Å². The Morgan fingerprint density at radius 2 is 1.82 bits per heavy atom. The quantitative estimate of drug-likeness (QED) is 0.292. The largest absolute Gasteiger partial charge is 0.497 e. The normalized spacial score (nSPS) is 10.5. The van der Waals surface area contributed by atoms with Crippen LogP contribution in [-0.4, -0.2) is 32.2 Å². The van der Waals surface area contributed by atoms with Crippen molar-refractivity contribution < 1.29 is 23.8 Å². The molecule has 1 aromatic heterocycles. The van der Waals surface area contributed by atoms with Crippen LogP contribution in [0.2, 0.25) is 0 Å². The second-order valence-electron chi connectivity index (χ2n) is 7.57. The smallest absolute Gasteiger partial charge is 0.341 e. The molecular weight excluding hydrogens is 438 g/mol. The maximum atomic E-state index is 12.7. The van der Waals surface area contributed by atoms with E-state index in [4.69, 9.17) is 14.2 Å². The molecule has 2 aromatic carbocycles. The van der Waals surface area contributed by atoms with E-state index in [0.29, 0.717) is 23.6 Å². The fourth-order valence-corrected chi connectivity index (χ4v) is 4.38. The van der Waals surface area contributed by atoms with E-state index in [1.807, 2.05) is 55.6 Å². The number of thiophene rings is 1. The Morgan fingerprint density at radius 3 is 2.48 bits per heavy atom. The number of ether oxygens (including phenoxy) is 3. The fraction of sp³-hybridized carbons (Fsp3) is 0.308. The molecule has 0 radical (unpaired) electrons. The summed E-state index contributed by atoms with van der Waals surface area (Å²) >= 11 is 1.31. The zero-order valence-corrected chi connectivity index (χ0v) is 20.2. The lowest BCUT2D eigenvalue weighted by Gasteiger charge is -2.11. The molecule has 6 nitrogen and oxygen atoms in total. The van der Waals surface area contributed by atoms with Gasteiger partial charge in [0.25, 0.3) is 0 Å². The molecule has 0 aliphatic carbocycles. The van der Waals surface area contributed by atoms with Crippen molar-refractivity contribution in [2.24, 2.45) is 0 Å². The van der Waals surface area contributed by atoms with E-state index in [1.165, 1.54) is 16.9 Å². The number of carbonyl (C=O) groups is 2. The van der Waals surface area contributed by atoms with Gasteiger partial charge in [0.2, 0.25) is 5.91 Å². The van der Waals surface area contributed by atoms with Gasteiger partial charge >= 0.3 is 5.97 Å². The van der Waals surface area contributed by atoms with Gasteiger partial charge in [0.1, 0.15) is 22.1 Å². The van der Waals surface area contributed by atoms with Crippen molar-refractivity contribution in [2.45, 2.75) is 33.6 Å². The monoisotopic (exact) mass is 467 g/mol. The summed E-state index contributed by atoms with van der Waals surface area (Å²) in [5.74, 6) is 0.919. The van der Waals surface area contributed by atoms with E-state index in [0.717, 1.165) is 28.2 Å². The summed E-state index contributed by atoms with van der Waals surface area (Å²) in [6.45, 7) is 6.48. The Balaban J connectivity index is 1.65. The van der Waals surface area contributed by atoms with Crippen LogP contribution in [0.3, 0.4) is 0 Å². The first-order valence-electron chi connectivity index (χ1n) is 10.9. The van der Waals surface area contributed by atoms with Crippen LogP contribution in [0.25, 0.3) is 11.1 Å². The molecular formula is C26H29NO5S.